The third-order valence-corrected chi connectivity index (χ3v) is 2.57. The summed E-state index contributed by atoms with van der Waals surface area (Å²) < 4.78 is 0. The molecule has 1 aliphatic rings. The minimum atomic E-state index is -0.716. The van der Waals surface area contributed by atoms with Crippen LogP contribution in [0.4, 0.5) is 0 Å². The van der Waals surface area contributed by atoms with Gasteiger partial charge in [0.25, 0.3) is 0 Å². The maximum Gasteiger partial charge on any atom is 0.320 e. The molecule has 3 heteroatoms. The molecule has 50 valence electrons. The zero-order chi connectivity index (χ0) is 6.85. The molecule has 0 spiro atoms. The summed E-state index contributed by atoms with van der Waals surface area (Å²) in [6.45, 7) is 1.86. The second-order valence-electron chi connectivity index (χ2n) is 2.00. The first-order valence-electron chi connectivity index (χ1n) is 2.73. The van der Waals surface area contributed by atoms with Crippen molar-refractivity contribution < 1.29 is 9.90 Å². The molecule has 1 unspecified atom stereocenters. The summed E-state index contributed by atoms with van der Waals surface area (Å²) in [6, 6.07) is 0. The fourth-order valence-electron chi connectivity index (χ4n) is 0.780. The van der Waals surface area contributed by atoms with Crippen molar-refractivity contribution in [2.45, 2.75) is 12.2 Å². The molecule has 0 aromatic rings. The smallest absolute Gasteiger partial charge is 0.320 e. The molecular weight excluding hydrogens is 136 g/mol. The lowest BCUT2D eigenvalue weighted by Gasteiger charge is -2.01. The quantitative estimate of drug-likeness (QED) is 0.560. The molecule has 0 saturated heterocycles. The van der Waals surface area contributed by atoms with Crippen molar-refractivity contribution in [2.24, 2.45) is 0 Å². The number of aliphatic carboxylic acids is 1. The zero-order valence-corrected chi connectivity index (χ0v) is 5.94. The predicted molar refractivity (Wildman–Crippen MR) is 37.6 cm³/mol. The van der Waals surface area contributed by atoms with Crippen LogP contribution in [0.1, 0.15) is 6.92 Å². The highest BCUT2D eigenvalue weighted by molar-refractivity contribution is 8.01. The number of hydrogen-bond donors (Lipinski definition) is 1. The van der Waals surface area contributed by atoms with Crippen LogP contribution in [0.3, 0.4) is 0 Å². The van der Waals surface area contributed by atoms with Crippen molar-refractivity contribution in [1.29, 1.82) is 0 Å². The Labute approximate surface area is 57.9 Å². The van der Waals surface area contributed by atoms with Crippen LogP contribution in [-0.4, -0.2) is 22.1 Å². The Hall–Kier alpha value is -0.440. The van der Waals surface area contributed by atoms with Gasteiger partial charge in [0.05, 0.1) is 0 Å². The normalized spacial score (nSPS) is 25.9. The number of thioether (sulfide) groups is 1. The SMILES string of the molecule is CC1=CCSC1C(=O)O. The minimum absolute atomic E-state index is 0.273. The largest absolute Gasteiger partial charge is 0.480 e. The molecule has 0 fully saturated rings. The van der Waals surface area contributed by atoms with E-state index in [9.17, 15) is 4.79 Å². The highest BCUT2D eigenvalue weighted by Crippen LogP contribution is 2.26. The van der Waals surface area contributed by atoms with Crippen molar-refractivity contribution >= 4 is 17.7 Å². The van der Waals surface area contributed by atoms with Gasteiger partial charge in [-0.25, -0.2) is 0 Å². The van der Waals surface area contributed by atoms with Crippen LogP contribution >= 0.6 is 11.8 Å². The van der Waals surface area contributed by atoms with Gasteiger partial charge in [-0.1, -0.05) is 11.6 Å². The fraction of sp³-hybridized carbons (Fsp3) is 0.500. The van der Waals surface area contributed by atoms with E-state index < -0.39 is 5.97 Å². The maximum atomic E-state index is 10.4. The monoisotopic (exact) mass is 144 g/mol. The van der Waals surface area contributed by atoms with Crippen molar-refractivity contribution in [2.75, 3.05) is 5.75 Å². The molecule has 0 aromatic heterocycles. The van der Waals surface area contributed by atoms with Gasteiger partial charge in [0.2, 0.25) is 0 Å². The number of carbonyl (C=O) groups is 1. The fourth-order valence-corrected chi connectivity index (χ4v) is 1.83. The standard InChI is InChI=1S/C6H8O2S/c1-4-2-3-9-5(4)6(7)8/h2,5H,3H2,1H3,(H,7,8). The number of carboxylic acids is 1. The van der Waals surface area contributed by atoms with Gasteiger partial charge in [-0.2, -0.15) is 0 Å². The van der Waals surface area contributed by atoms with Crippen LogP contribution < -0.4 is 0 Å². The molecule has 1 rings (SSSR count). The van der Waals surface area contributed by atoms with E-state index in [1.54, 1.807) is 0 Å². The molecule has 1 atom stereocenters. The third-order valence-electron chi connectivity index (χ3n) is 1.31. The van der Waals surface area contributed by atoms with Gasteiger partial charge in [0.1, 0.15) is 5.25 Å². The van der Waals surface area contributed by atoms with Gasteiger partial charge in [0.15, 0.2) is 0 Å². The lowest BCUT2D eigenvalue weighted by Crippen LogP contribution is -2.14. The van der Waals surface area contributed by atoms with E-state index in [4.69, 9.17) is 5.11 Å². The average molecular weight is 144 g/mol. The summed E-state index contributed by atoms with van der Waals surface area (Å²) in [5.41, 5.74) is 0.979. The second kappa shape index (κ2) is 2.43. The van der Waals surface area contributed by atoms with Gasteiger partial charge in [0, 0.05) is 5.75 Å². The molecule has 1 N–H and O–H groups in total. The molecular formula is C6H8O2S. The van der Waals surface area contributed by atoms with E-state index in [0.717, 1.165) is 11.3 Å². The first kappa shape index (κ1) is 6.68. The summed E-state index contributed by atoms with van der Waals surface area (Å²) in [5, 5.41) is 8.25. The van der Waals surface area contributed by atoms with Crippen molar-refractivity contribution in [3.8, 4) is 0 Å². The van der Waals surface area contributed by atoms with Gasteiger partial charge < -0.3 is 5.11 Å². The van der Waals surface area contributed by atoms with Crippen molar-refractivity contribution in [3.63, 3.8) is 0 Å². The topological polar surface area (TPSA) is 37.3 Å². The molecule has 0 bridgehead atoms. The van der Waals surface area contributed by atoms with Crippen LogP contribution in [0, 0.1) is 0 Å². The highest BCUT2D eigenvalue weighted by atomic mass is 32.2. The van der Waals surface area contributed by atoms with E-state index in [1.807, 2.05) is 13.0 Å². The first-order chi connectivity index (χ1) is 4.22. The van der Waals surface area contributed by atoms with Gasteiger partial charge in [-0.3, -0.25) is 4.79 Å². The second-order valence-corrected chi connectivity index (χ2v) is 3.14. The molecule has 0 saturated carbocycles. The van der Waals surface area contributed by atoms with Gasteiger partial charge in [-0.15, -0.1) is 11.8 Å². The van der Waals surface area contributed by atoms with E-state index in [2.05, 4.69) is 0 Å². The molecule has 2 nitrogen and oxygen atoms in total. The molecule has 0 amide bonds. The van der Waals surface area contributed by atoms with E-state index in [-0.39, 0.29) is 5.25 Å². The number of hydrogen-bond acceptors (Lipinski definition) is 2. The maximum absolute atomic E-state index is 10.4. The lowest BCUT2D eigenvalue weighted by atomic mass is 10.2. The van der Waals surface area contributed by atoms with Crippen LogP contribution in [0.15, 0.2) is 11.6 Å². The van der Waals surface area contributed by atoms with Gasteiger partial charge >= 0.3 is 5.97 Å². The molecule has 1 aliphatic heterocycles. The Bertz CT molecular complexity index is 162. The van der Waals surface area contributed by atoms with E-state index in [0.29, 0.717) is 0 Å². The Morgan fingerprint density at radius 2 is 2.67 bits per heavy atom. The van der Waals surface area contributed by atoms with Crippen LogP contribution in [0.2, 0.25) is 0 Å². The number of carboxylic acid groups (broad SMARTS) is 1. The summed E-state index contributed by atoms with van der Waals surface area (Å²) in [4.78, 5) is 10.4. The summed E-state index contributed by atoms with van der Waals surface area (Å²) in [6.07, 6.45) is 1.96. The Balaban J connectivity index is 2.63. The molecule has 0 aromatic carbocycles. The molecule has 1 heterocycles. The Morgan fingerprint density at radius 1 is 2.00 bits per heavy atom. The lowest BCUT2D eigenvalue weighted by molar-refractivity contribution is -0.135. The summed E-state index contributed by atoms with van der Waals surface area (Å²) in [7, 11) is 0. The van der Waals surface area contributed by atoms with Crippen molar-refractivity contribution in [1.82, 2.24) is 0 Å². The zero-order valence-electron chi connectivity index (χ0n) is 5.13. The van der Waals surface area contributed by atoms with Crippen molar-refractivity contribution in [3.05, 3.63) is 11.6 Å². The molecule has 0 radical (unpaired) electrons. The van der Waals surface area contributed by atoms with Crippen LogP contribution in [0.5, 0.6) is 0 Å². The first-order valence-corrected chi connectivity index (χ1v) is 3.78. The van der Waals surface area contributed by atoms with Crippen LogP contribution in [0.25, 0.3) is 0 Å². The Kier molecular flexibility index (Phi) is 1.81. The predicted octanol–water partition coefficient (Wildman–Crippen LogP) is 1.13. The highest BCUT2D eigenvalue weighted by Gasteiger charge is 2.22. The number of rotatable bonds is 1. The summed E-state index contributed by atoms with van der Waals surface area (Å²) in [5.74, 6) is 0.134. The molecule has 0 aliphatic carbocycles. The van der Waals surface area contributed by atoms with Gasteiger partial charge in [-0.05, 0) is 6.92 Å². The Morgan fingerprint density at radius 3 is 2.89 bits per heavy atom. The third kappa shape index (κ3) is 1.27. The molecule has 9 heavy (non-hydrogen) atoms. The minimum Gasteiger partial charge on any atom is -0.480 e. The average Bonchev–Trinajstić information content (AvgIpc) is 2.13. The van der Waals surface area contributed by atoms with Crippen LogP contribution in [-0.2, 0) is 4.79 Å². The van der Waals surface area contributed by atoms with E-state index in [1.165, 1.54) is 11.8 Å². The summed E-state index contributed by atoms with van der Waals surface area (Å²) >= 11 is 1.47. The van der Waals surface area contributed by atoms with E-state index >= 15 is 0 Å².